The summed E-state index contributed by atoms with van der Waals surface area (Å²) in [6.45, 7) is 0.116. The Morgan fingerprint density at radius 1 is 1.50 bits per heavy atom. The Hall–Kier alpha value is -1.95. The summed E-state index contributed by atoms with van der Waals surface area (Å²) in [5.74, 6) is -0.131. The highest BCUT2D eigenvalue weighted by atomic mass is 16.3. The lowest BCUT2D eigenvalue weighted by atomic mass is 10.3. The van der Waals surface area contributed by atoms with E-state index in [0.29, 0.717) is 5.56 Å². The van der Waals surface area contributed by atoms with Crippen LogP contribution in [0.1, 0.15) is 5.56 Å². The Kier molecular flexibility index (Phi) is 1.90. The molecular formula is C8H8N4O2. The summed E-state index contributed by atoms with van der Waals surface area (Å²) in [5.41, 5.74) is 5.61. The minimum Gasteiger partial charge on any atom is -0.503 e. The molecule has 3 N–H and O–H groups in total. The first-order chi connectivity index (χ1) is 6.74. The second-order valence-corrected chi connectivity index (χ2v) is 2.77. The van der Waals surface area contributed by atoms with Crippen LogP contribution in [0.4, 0.5) is 0 Å². The Bertz CT molecular complexity index is 534. The smallest absolute Gasteiger partial charge is 0.263 e. The molecule has 6 nitrogen and oxygen atoms in total. The molecule has 0 saturated heterocycles. The molecule has 2 heterocycles. The zero-order chi connectivity index (χ0) is 10.1. The first-order valence-corrected chi connectivity index (χ1v) is 3.97. The fourth-order valence-electron chi connectivity index (χ4n) is 1.17. The average Bonchev–Trinajstić information content (AvgIpc) is 2.20. The van der Waals surface area contributed by atoms with Crippen LogP contribution in [-0.4, -0.2) is 19.5 Å². The number of aromatic nitrogens is 3. The van der Waals surface area contributed by atoms with Crippen molar-refractivity contribution in [2.24, 2.45) is 5.73 Å². The zero-order valence-corrected chi connectivity index (χ0v) is 7.21. The maximum Gasteiger partial charge on any atom is 0.263 e. The van der Waals surface area contributed by atoms with Gasteiger partial charge in [0.05, 0.1) is 6.20 Å². The van der Waals surface area contributed by atoms with Crippen molar-refractivity contribution in [3.63, 3.8) is 0 Å². The first kappa shape index (κ1) is 8.64. The SMILES string of the molecule is NCc1cnc2c(O)cncn2c1=O. The molecule has 2 aromatic rings. The van der Waals surface area contributed by atoms with Crippen molar-refractivity contribution in [1.82, 2.24) is 14.4 Å². The Balaban J connectivity index is 2.91. The van der Waals surface area contributed by atoms with Crippen molar-refractivity contribution in [2.75, 3.05) is 0 Å². The van der Waals surface area contributed by atoms with Gasteiger partial charge in [0.15, 0.2) is 11.4 Å². The molecule has 0 aliphatic rings. The summed E-state index contributed by atoms with van der Waals surface area (Å²) < 4.78 is 1.16. The van der Waals surface area contributed by atoms with Gasteiger partial charge in [0.2, 0.25) is 0 Å². The lowest BCUT2D eigenvalue weighted by molar-refractivity contribution is 0.473. The molecule has 72 valence electrons. The number of hydrogen-bond acceptors (Lipinski definition) is 5. The molecule has 0 aliphatic heterocycles. The van der Waals surface area contributed by atoms with Gasteiger partial charge in [-0.3, -0.25) is 4.79 Å². The maximum atomic E-state index is 11.6. The standard InChI is InChI=1S/C8H8N4O2/c9-1-5-2-11-7-6(13)3-10-4-12(7)8(5)14/h2-4,13H,1,9H2. The van der Waals surface area contributed by atoms with Crippen LogP contribution in [0.5, 0.6) is 5.75 Å². The van der Waals surface area contributed by atoms with E-state index in [1.54, 1.807) is 0 Å². The quantitative estimate of drug-likeness (QED) is 0.620. The lowest BCUT2D eigenvalue weighted by Gasteiger charge is -2.02. The first-order valence-electron chi connectivity index (χ1n) is 3.97. The molecule has 0 bridgehead atoms. The molecule has 0 radical (unpaired) electrons. The molecule has 2 rings (SSSR count). The Morgan fingerprint density at radius 2 is 2.29 bits per heavy atom. The minimum absolute atomic E-state index is 0.116. The second kappa shape index (κ2) is 3.08. The van der Waals surface area contributed by atoms with Gasteiger partial charge in [-0.25, -0.2) is 14.4 Å². The molecule has 0 saturated carbocycles. The van der Waals surface area contributed by atoms with E-state index in [-0.39, 0.29) is 23.5 Å². The lowest BCUT2D eigenvalue weighted by Crippen LogP contribution is -2.21. The molecule has 0 spiro atoms. The Morgan fingerprint density at radius 3 is 3.00 bits per heavy atom. The van der Waals surface area contributed by atoms with Crippen LogP contribution in [0.2, 0.25) is 0 Å². The highest BCUT2D eigenvalue weighted by Crippen LogP contribution is 2.10. The summed E-state index contributed by atoms with van der Waals surface area (Å²) in [6.07, 6.45) is 3.88. The van der Waals surface area contributed by atoms with E-state index in [4.69, 9.17) is 5.73 Å². The molecule has 0 unspecified atom stereocenters. The van der Waals surface area contributed by atoms with Gasteiger partial charge < -0.3 is 10.8 Å². The highest BCUT2D eigenvalue weighted by Gasteiger charge is 2.05. The number of fused-ring (bicyclic) bond motifs is 1. The van der Waals surface area contributed by atoms with E-state index in [2.05, 4.69) is 9.97 Å². The zero-order valence-electron chi connectivity index (χ0n) is 7.21. The van der Waals surface area contributed by atoms with Crippen molar-refractivity contribution in [1.29, 1.82) is 0 Å². The molecular weight excluding hydrogens is 184 g/mol. The summed E-state index contributed by atoms with van der Waals surface area (Å²) in [5, 5.41) is 9.34. The van der Waals surface area contributed by atoms with Crippen LogP contribution in [0.25, 0.3) is 5.65 Å². The molecule has 0 aromatic carbocycles. The van der Waals surface area contributed by atoms with Gasteiger partial charge >= 0.3 is 0 Å². The van der Waals surface area contributed by atoms with Crippen molar-refractivity contribution in [3.05, 3.63) is 34.6 Å². The topological polar surface area (TPSA) is 93.5 Å². The third-order valence-electron chi connectivity index (χ3n) is 1.89. The van der Waals surface area contributed by atoms with E-state index in [9.17, 15) is 9.90 Å². The van der Waals surface area contributed by atoms with Gasteiger partial charge in [-0.05, 0) is 0 Å². The molecule has 14 heavy (non-hydrogen) atoms. The number of aromatic hydroxyl groups is 1. The number of rotatable bonds is 1. The molecule has 6 heteroatoms. The second-order valence-electron chi connectivity index (χ2n) is 2.77. The molecule has 0 atom stereocenters. The fraction of sp³-hybridized carbons (Fsp3) is 0.125. The van der Waals surface area contributed by atoms with Gasteiger partial charge in [0.1, 0.15) is 6.33 Å². The molecule has 0 amide bonds. The van der Waals surface area contributed by atoms with Crippen LogP contribution < -0.4 is 11.3 Å². The number of nitrogens with zero attached hydrogens (tertiary/aromatic N) is 3. The monoisotopic (exact) mass is 192 g/mol. The van der Waals surface area contributed by atoms with Crippen molar-refractivity contribution < 1.29 is 5.11 Å². The van der Waals surface area contributed by atoms with Crippen LogP contribution in [0.3, 0.4) is 0 Å². The van der Waals surface area contributed by atoms with E-state index in [0.717, 1.165) is 4.40 Å². The summed E-state index contributed by atoms with van der Waals surface area (Å²) in [7, 11) is 0. The predicted molar refractivity (Wildman–Crippen MR) is 48.8 cm³/mol. The predicted octanol–water partition coefficient (Wildman–Crippen LogP) is -0.746. The van der Waals surface area contributed by atoms with Crippen LogP contribution in [0.15, 0.2) is 23.5 Å². The summed E-state index contributed by atoms with van der Waals surface area (Å²) in [4.78, 5) is 19.2. The van der Waals surface area contributed by atoms with Crippen molar-refractivity contribution in [2.45, 2.75) is 6.54 Å². The van der Waals surface area contributed by atoms with Crippen LogP contribution in [0, 0.1) is 0 Å². The summed E-state index contributed by atoms with van der Waals surface area (Å²) in [6, 6.07) is 0. The third-order valence-corrected chi connectivity index (χ3v) is 1.89. The molecule has 0 aliphatic carbocycles. The van der Waals surface area contributed by atoms with Gasteiger partial charge in [-0.2, -0.15) is 0 Å². The normalized spacial score (nSPS) is 10.6. The van der Waals surface area contributed by atoms with Gasteiger partial charge in [-0.1, -0.05) is 0 Å². The minimum atomic E-state index is -0.305. The largest absolute Gasteiger partial charge is 0.503 e. The van der Waals surface area contributed by atoms with E-state index < -0.39 is 0 Å². The highest BCUT2D eigenvalue weighted by molar-refractivity contribution is 5.50. The number of hydrogen-bond donors (Lipinski definition) is 2. The van der Waals surface area contributed by atoms with E-state index in [1.165, 1.54) is 18.7 Å². The van der Waals surface area contributed by atoms with Crippen molar-refractivity contribution >= 4 is 5.65 Å². The van der Waals surface area contributed by atoms with Crippen LogP contribution >= 0.6 is 0 Å². The number of nitrogens with two attached hydrogens (primary N) is 1. The van der Waals surface area contributed by atoms with Crippen LogP contribution in [-0.2, 0) is 6.54 Å². The average molecular weight is 192 g/mol. The van der Waals surface area contributed by atoms with E-state index >= 15 is 0 Å². The van der Waals surface area contributed by atoms with Crippen molar-refractivity contribution in [3.8, 4) is 5.75 Å². The van der Waals surface area contributed by atoms with E-state index in [1.807, 2.05) is 0 Å². The third kappa shape index (κ3) is 1.12. The maximum absolute atomic E-state index is 11.6. The van der Waals surface area contributed by atoms with Gasteiger partial charge in [-0.15, -0.1) is 0 Å². The fourth-order valence-corrected chi connectivity index (χ4v) is 1.17. The summed E-state index contributed by atoms with van der Waals surface area (Å²) >= 11 is 0. The van der Waals surface area contributed by atoms with Gasteiger partial charge in [0.25, 0.3) is 5.56 Å². The molecule has 2 aromatic heterocycles. The molecule has 0 fully saturated rings. The van der Waals surface area contributed by atoms with Gasteiger partial charge in [0, 0.05) is 18.3 Å². The Labute approximate surface area is 78.7 Å².